The van der Waals surface area contributed by atoms with Gasteiger partial charge in [0, 0.05) is 35.8 Å². The van der Waals surface area contributed by atoms with Crippen molar-refractivity contribution in [3.63, 3.8) is 0 Å². The second kappa shape index (κ2) is 5.92. The molecule has 5 rings (SSSR count). The lowest BCUT2D eigenvalue weighted by atomic mass is 9.70. The second-order valence-electron chi connectivity index (χ2n) is 6.82. The van der Waals surface area contributed by atoms with Crippen LogP contribution in [0.2, 0.25) is 0 Å². The lowest BCUT2D eigenvalue weighted by Gasteiger charge is -2.38. The second-order valence-corrected chi connectivity index (χ2v) is 7.74. The van der Waals surface area contributed by atoms with Crippen molar-refractivity contribution in [3.05, 3.63) is 40.3 Å². The molecule has 1 saturated heterocycles. The first-order valence-corrected chi connectivity index (χ1v) is 9.54. The number of benzene rings is 1. The van der Waals surface area contributed by atoms with Crippen LogP contribution in [0, 0.1) is 0 Å². The average Bonchev–Trinajstić information content (AvgIpc) is 3.24. The number of halogens is 1. The summed E-state index contributed by atoms with van der Waals surface area (Å²) in [5, 5.41) is 6.79. The zero-order valence-electron chi connectivity index (χ0n) is 14.3. The number of rotatable bonds is 2. The van der Waals surface area contributed by atoms with Crippen molar-refractivity contribution in [2.45, 2.75) is 24.3 Å². The highest BCUT2D eigenvalue weighted by atomic mass is 79.9. The van der Waals surface area contributed by atoms with Crippen LogP contribution < -0.4 is 10.6 Å². The van der Waals surface area contributed by atoms with Crippen molar-refractivity contribution in [2.24, 2.45) is 0 Å². The lowest BCUT2D eigenvalue weighted by Crippen LogP contribution is -2.38. The van der Waals surface area contributed by atoms with Gasteiger partial charge in [-0.15, -0.1) is 0 Å². The molecule has 2 aliphatic heterocycles. The average molecular weight is 415 g/mol. The summed E-state index contributed by atoms with van der Waals surface area (Å²) in [6, 6.07) is 6.53. The highest BCUT2D eigenvalue weighted by Gasteiger charge is 2.49. The maximum atomic E-state index is 5.69. The topological polar surface area (TPSA) is 87.8 Å². The molecule has 7 nitrogen and oxygen atoms in total. The molecule has 4 heterocycles. The van der Waals surface area contributed by atoms with Crippen molar-refractivity contribution in [1.82, 2.24) is 19.9 Å². The van der Waals surface area contributed by atoms with Crippen molar-refractivity contribution >= 4 is 38.7 Å². The number of aromatic nitrogens is 4. The van der Waals surface area contributed by atoms with Gasteiger partial charge in [-0.25, -0.2) is 9.97 Å². The zero-order chi connectivity index (χ0) is 17.7. The molecule has 26 heavy (non-hydrogen) atoms. The minimum Gasteiger partial charge on any atom is -0.381 e. The summed E-state index contributed by atoms with van der Waals surface area (Å²) in [5.74, 6) is 0.584. The Morgan fingerprint density at radius 1 is 1.27 bits per heavy atom. The number of anilines is 2. The highest BCUT2D eigenvalue weighted by Crippen LogP contribution is 2.54. The molecule has 3 N–H and O–H groups in total. The van der Waals surface area contributed by atoms with E-state index in [0.717, 1.165) is 47.4 Å². The molecule has 134 valence electrons. The van der Waals surface area contributed by atoms with Crippen LogP contribution in [-0.4, -0.2) is 40.2 Å². The van der Waals surface area contributed by atoms with Gasteiger partial charge < -0.3 is 20.4 Å². The molecule has 1 spiro atoms. The number of aromatic amines is 1. The molecule has 0 aliphatic carbocycles. The first-order chi connectivity index (χ1) is 12.7. The molecule has 0 radical (unpaired) electrons. The van der Waals surface area contributed by atoms with Crippen LogP contribution >= 0.6 is 15.9 Å². The zero-order valence-corrected chi connectivity index (χ0v) is 15.9. The van der Waals surface area contributed by atoms with Crippen molar-refractivity contribution in [3.8, 4) is 0 Å². The summed E-state index contributed by atoms with van der Waals surface area (Å²) >= 11 is 3.59. The summed E-state index contributed by atoms with van der Waals surface area (Å²) in [4.78, 5) is 16.9. The molecule has 0 saturated carbocycles. The Morgan fingerprint density at radius 2 is 2.12 bits per heavy atom. The third-order valence-corrected chi connectivity index (χ3v) is 6.06. The number of fused-ring (bicyclic) bond motifs is 3. The quantitative estimate of drug-likeness (QED) is 0.595. The third kappa shape index (κ3) is 2.25. The number of nitrogens with zero attached hydrogens (tertiary/aromatic N) is 3. The van der Waals surface area contributed by atoms with Crippen LogP contribution in [0.15, 0.2) is 29.0 Å². The number of ether oxygens (including phenoxy) is 1. The number of hydrogen-bond acceptors (Lipinski definition) is 6. The van der Waals surface area contributed by atoms with E-state index >= 15 is 0 Å². The van der Waals surface area contributed by atoms with Gasteiger partial charge in [0.1, 0.15) is 5.52 Å². The smallest absolute Gasteiger partial charge is 0.224 e. The van der Waals surface area contributed by atoms with Gasteiger partial charge in [0.25, 0.3) is 0 Å². The van der Waals surface area contributed by atoms with Crippen molar-refractivity contribution in [1.29, 1.82) is 0 Å². The van der Waals surface area contributed by atoms with Crippen LogP contribution in [0.4, 0.5) is 11.6 Å². The van der Waals surface area contributed by atoms with Crippen LogP contribution in [0.25, 0.3) is 11.2 Å². The molecule has 1 aromatic carbocycles. The fourth-order valence-corrected chi connectivity index (χ4v) is 4.68. The Morgan fingerprint density at radius 3 is 2.92 bits per heavy atom. The van der Waals surface area contributed by atoms with E-state index in [2.05, 4.69) is 59.7 Å². The number of imidazole rings is 1. The Kier molecular flexibility index (Phi) is 3.65. The molecule has 1 fully saturated rings. The van der Waals surface area contributed by atoms with Crippen LogP contribution in [-0.2, 0) is 10.2 Å². The molecular weight excluding hydrogens is 396 g/mol. The van der Waals surface area contributed by atoms with Gasteiger partial charge in [0.15, 0.2) is 5.65 Å². The van der Waals surface area contributed by atoms with Crippen LogP contribution in [0.3, 0.4) is 0 Å². The summed E-state index contributed by atoms with van der Waals surface area (Å²) < 4.78 is 6.76. The highest BCUT2D eigenvalue weighted by molar-refractivity contribution is 9.10. The van der Waals surface area contributed by atoms with Crippen LogP contribution in [0.5, 0.6) is 0 Å². The van der Waals surface area contributed by atoms with Crippen LogP contribution in [0.1, 0.15) is 30.1 Å². The summed E-state index contributed by atoms with van der Waals surface area (Å²) in [5.41, 5.74) is 4.96. The Hall–Kier alpha value is -2.19. The van der Waals surface area contributed by atoms with Gasteiger partial charge in [-0.3, -0.25) is 0 Å². The molecule has 1 unspecified atom stereocenters. The Balaban J connectivity index is 1.73. The van der Waals surface area contributed by atoms with Crippen molar-refractivity contribution < 1.29 is 4.74 Å². The molecule has 1 atom stereocenters. The van der Waals surface area contributed by atoms with Gasteiger partial charge in [-0.1, -0.05) is 22.0 Å². The van der Waals surface area contributed by atoms with Gasteiger partial charge in [0.05, 0.1) is 18.1 Å². The minimum atomic E-state index is -0.0499. The fraction of sp³-hybridized carbons (Fsp3) is 0.389. The maximum absolute atomic E-state index is 5.69. The van der Waals surface area contributed by atoms with Gasteiger partial charge in [-0.05, 0) is 30.5 Å². The molecule has 0 bridgehead atoms. The normalized spacial score (nSPS) is 20.9. The monoisotopic (exact) mass is 414 g/mol. The third-order valence-electron chi connectivity index (χ3n) is 5.57. The molecule has 3 aromatic rings. The largest absolute Gasteiger partial charge is 0.381 e. The molecule has 2 aliphatic rings. The summed E-state index contributed by atoms with van der Waals surface area (Å²) in [7, 11) is 1.83. The van der Waals surface area contributed by atoms with E-state index in [9.17, 15) is 0 Å². The Labute approximate surface area is 159 Å². The minimum absolute atomic E-state index is 0.0359. The predicted octanol–water partition coefficient (Wildman–Crippen LogP) is 3.37. The van der Waals surface area contributed by atoms with E-state index in [0.29, 0.717) is 11.6 Å². The summed E-state index contributed by atoms with van der Waals surface area (Å²) in [6.07, 6.45) is 3.58. The fourth-order valence-electron chi connectivity index (χ4n) is 4.32. The maximum Gasteiger partial charge on any atom is 0.224 e. The number of H-pyrrole nitrogens is 1. The molecular formula is C18H19BrN6O. The van der Waals surface area contributed by atoms with Gasteiger partial charge in [0.2, 0.25) is 5.95 Å². The lowest BCUT2D eigenvalue weighted by molar-refractivity contribution is 0.0454. The molecule has 2 aromatic heterocycles. The Bertz CT molecular complexity index is 981. The van der Waals surface area contributed by atoms with E-state index in [4.69, 9.17) is 9.72 Å². The first kappa shape index (κ1) is 16.0. The van der Waals surface area contributed by atoms with E-state index in [1.807, 2.05) is 7.05 Å². The number of nitrogens with one attached hydrogen (secondary N) is 3. The first-order valence-electron chi connectivity index (χ1n) is 8.74. The van der Waals surface area contributed by atoms with E-state index in [1.54, 1.807) is 6.33 Å². The van der Waals surface area contributed by atoms with Gasteiger partial charge >= 0.3 is 0 Å². The number of hydrogen-bond donors (Lipinski definition) is 3. The standard InChI is InChI=1S/C18H19BrN6O/c1-20-17-24-13(14-16(25-17)22-9-21-14)15-18(4-6-26-7-5-18)11-3-2-10(19)8-12(11)23-15/h2-3,8-9,15,23H,4-7H2,1H3,(H2,20,21,22,24,25). The van der Waals surface area contributed by atoms with E-state index in [-0.39, 0.29) is 11.5 Å². The molecule has 8 heteroatoms. The SMILES string of the molecule is CNc1nc(C2Nc3cc(Br)ccc3C23CCOCC3)c2[nH]cnc2n1. The van der Waals surface area contributed by atoms with E-state index < -0.39 is 0 Å². The van der Waals surface area contributed by atoms with Crippen molar-refractivity contribution in [2.75, 3.05) is 30.9 Å². The summed E-state index contributed by atoms with van der Waals surface area (Å²) in [6.45, 7) is 1.51. The van der Waals surface area contributed by atoms with Gasteiger partial charge in [-0.2, -0.15) is 4.98 Å². The van der Waals surface area contributed by atoms with E-state index in [1.165, 1.54) is 5.56 Å². The predicted molar refractivity (Wildman–Crippen MR) is 103 cm³/mol. The molecule has 0 amide bonds.